The highest BCUT2D eigenvalue weighted by molar-refractivity contribution is 7.16. The van der Waals surface area contributed by atoms with Gasteiger partial charge in [0.2, 0.25) is 5.91 Å². The lowest BCUT2D eigenvalue weighted by atomic mass is 9.87. The molecule has 1 amide bonds. The zero-order chi connectivity index (χ0) is 16.3. The SMILES string of the molecule is Cc1nc(-c2ccc(CCNC(=O)[C@@H](N)C(C)(C)C)s2)cs1. The van der Waals surface area contributed by atoms with E-state index >= 15 is 0 Å². The van der Waals surface area contributed by atoms with Crippen molar-refractivity contribution in [2.24, 2.45) is 11.1 Å². The van der Waals surface area contributed by atoms with E-state index in [4.69, 9.17) is 5.73 Å². The molecule has 0 unspecified atom stereocenters. The van der Waals surface area contributed by atoms with Crippen molar-refractivity contribution in [2.45, 2.75) is 40.2 Å². The number of amides is 1. The molecule has 0 radical (unpaired) electrons. The normalized spacial score (nSPS) is 13.1. The van der Waals surface area contributed by atoms with Gasteiger partial charge in [0.05, 0.1) is 21.6 Å². The van der Waals surface area contributed by atoms with Gasteiger partial charge in [-0.25, -0.2) is 4.98 Å². The van der Waals surface area contributed by atoms with Crippen LogP contribution < -0.4 is 11.1 Å². The molecular formula is C16H23N3OS2. The van der Waals surface area contributed by atoms with Gasteiger partial charge in [0.25, 0.3) is 0 Å². The summed E-state index contributed by atoms with van der Waals surface area (Å²) in [5, 5.41) is 6.08. The molecule has 3 N–H and O–H groups in total. The van der Waals surface area contributed by atoms with Crippen LogP contribution in [0.4, 0.5) is 0 Å². The van der Waals surface area contributed by atoms with Crippen molar-refractivity contribution in [2.75, 3.05) is 6.54 Å². The van der Waals surface area contributed by atoms with Crippen molar-refractivity contribution >= 4 is 28.6 Å². The van der Waals surface area contributed by atoms with Gasteiger partial charge in [-0.15, -0.1) is 22.7 Å². The second kappa shape index (κ2) is 6.89. The van der Waals surface area contributed by atoms with Crippen LogP contribution in [0, 0.1) is 12.3 Å². The van der Waals surface area contributed by atoms with Crippen molar-refractivity contribution in [1.29, 1.82) is 0 Å². The van der Waals surface area contributed by atoms with Gasteiger partial charge in [-0.05, 0) is 30.9 Å². The van der Waals surface area contributed by atoms with Gasteiger partial charge >= 0.3 is 0 Å². The van der Waals surface area contributed by atoms with Crippen LogP contribution in [0.15, 0.2) is 17.5 Å². The smallest absolute Gasteiger partial charge is 0.237 e. The van der Waals surface area contributed by atoms with Crippen LogP contribution in [0.3, 0.4) is 0 Å². The van der Waals surface area contributed by atoms with E-state index in [0.717, 1.165) is 17.1 Å². The highest BCUT2D eigenvalue weighted by Gasteiger charge is 2.26. The molecule has 0 spiro atoms. The minimum Gasteiger partial charge on any atom is -0.354 e. The molecular weight excluding hydrogens is 314 g/mol. The molecule has 0 aliphatic rings. The number of nitrogens with two attached hydrogens (primary N) is 1. The van der Waals surface area contributed by atoms with Crippen molar-refractivity contribution < 1.29 is 4.79 Å². The summed E-state index contributed by atoms with van der Waals surface area (Å²) in [5.74, 6) is -0.0839. The van der Waals surface area contributed by atoms with Crippen LogP contribution in [0.1, 0.15) is 30.7 Å². The van der Waals surface area contributed by atoms with E-state index in [9.17, 15) is 4.79 Å². The Morgan fingerprint density at radius 1 is 1.41 bits per heavy atom. The summed E-state index contributed by atoms with van der Waals surface area (Å²) >= 11 is 3.39. The lowest BCUT2D eigenvalue weighted by Crippen LogP contribution is -2.48. The predicted octanol–water partition coefficient (Wildman–Crippen LogP) is 3.21. The van der Waals surface area contributed by atoms with E-state index in [1.807, 2.05) is 27.7 Å². The largest absolute Gasteiger partial charge is 0.354 e. The molecule has 2 aromatic rings. The fourth-order valence-electron chi connectivity index (χ4n) is 1.94. The van der Waals surface area contributed by atoms with Crippen LogP contribution in [0.25, 0.3) is 10.6 Å². The highest BCUT2D eigenvalue weighted by Crippen LogP contribution is 2.29. The van der Waals surface area contributed by atoms with Gasteiger partial charge in [0.1, 0.15) is 0 Å². The Morgan fingerprint density at radius 3 is 2.73 bits per heavy atom. The number of nitrogens with zero attached hydrogens (tertiary/aromatic N) is 1. The Labute approximate surface area is 139 Å². The highest BCUT2D eigenvalue weighted by atomic mass is 32.1. The topological polar surface area (TPSA) is 68.0 Å². The summed E-state index contributed by atoms with van der Waals surface area (Å²) in [5.41, 5.74) is 6.76. The first-order chi connectivity index (χ1) is 10.3. The molecule has 0 saturated carbocycles. The second-order valence-electron chi connectivity index (χ2n) is 6.40. The predicted molar refractivity (Wildman–Crippen MR) is 94.3 cm³/mol. The van der Waals surface area contributed by atoms with Gasteiger partial charge in [-0.3, -0.25) is 4.79 Å². The van der Waals surface area contributed by atoms with Crippen molar-refractivity contribution in [1.82, 2.24) is 10.3 Å². The summed E-state index contributed by atoms with van der Waals surface area (Å²) in [6.07, 6.45) is 0.816. The Kier molecular flexibility index (Phi) is 5.36. The zero-order valence-electron chi connectivity index (χ0n) is 13.5. The number of aromatic nitrogens is 1. The third kappa shape index (κ3) is 4.38. The van der Waals surface area contributed by atoms with E-state index in [2.05, 4.69) is 27.8 Å². The molecule has 0 bridgehead atoms. The maximum atomic E-state index is 12.0. The van der Waals surface area contributed by atoms with Crippen LogP contribution in [-0.4, -0.2) is 23.5 Å². The maximum absolute atomic E-state index is 12.0. The minimum atomic E-state index is -0.482. The third-order valence-corrected chi connectivity index (χ3v) is 5.36. The summed E-state index contributed by atoms with van der Waals surface area (Å²) in [7, 11) is 0. The molecule has 2 heterocycles. The average Bonchev–Trinajstić information content (AvgIpc) is 3.05. The molecule has 2 aromatic heterocycles. The van der Waals surface area contributed by atoms with Crippen molar-refractivity contribution in [3.8, 4) is 10.6 Å². The molecule has 0 saturated heterocycles. The fraction of sp³-hybridized carbons (Fsp3) is 0.500. The van der Waals surface area contributed by atoms with Crippen LogP contribution >= 0.6 is 22.7 Å². The fourth-order valence-corrected chi connectivity index (χ4v) is 3.59. The molecule has 120 valence electrons. The summed E-state index contributed by atoms with van der Waals surface area (Å²) in [6, 6.07) is 3.71. The number of nitrogens with one attached hydrogen (secondary N) is 1. The zero-order valence-corrected chi connectivity index (χ0v) is 15.1. The third-order valence-electron chi connectivity index (χ3n) is 3.42. The van der Waals surface area contributed by atoms with Gasteiger partial charge in [-0.1, -0.05) is 20.8 Å². The summed E-state index contributed by atoms with van der Waals surface area (Å²) in [6.45, 7) is 8.53. The van der Waals surface area contributed by atoms with E-state index in [1.165, 1.54) is 9.75 Å². The maximum Gasteiger partial charge on any atom is 0.237 e. The Hall–Kier alpha value is -1.24. The number of hydrogen-bond acceptors (Lipinski definition) is 5. The molecule has 0 aliphatic carbocycles. The second-order valence-corrected chi connectivity index (χ2v) is 8.63. The minimum absolute atomic E-state index is 0.0839. The number of thiophene rings is 1. The van der Waals surface area contributed by atoms with Gasteiger partial charge in [-0.2, -0.15) is 0 Å². The molecule has 22 heavy (non-hydrogen) atoms. The average molecular weight is 338 g/mol. The van der Waals surface area contributed by atoms with E-state index in [-0.39, 0.29) is 11.3 Å². The van der Waals surface area contributed by atoms with E-state index < -0.39 is 6.04 Å². The Bertz CT molecular complexity index is 640. The lowest BCUT2D eigenvalue weighted by Gasteiger charge is -2.25. The van der Waals surface area contributed by atoms with Gasteiger partial charge < -0.3 is 11.1 Å². The van der Waals surface area contributed by atoms with Crippen molar-refractivity contribution in [3.63, 3.8) is 0 Å². The number of aryl methyl sites for hydroxylation is 1. The molecule has 6 heteroatoms. The monoisotopic (exact) mass is 337 g/mol. The standard InChI is InChI=1S/C16H23N3OS2/c1-10-19-12(9-21-10)13-6-5-11(22-13)7-8-18-15(20)14(17)16(2,3)4/h5-6,9,14H,7-8,17H2,1-4H3,(H,18,20)/t14-/m1/s1. The molecule has 0 aromatic carbocycles. The molecule has 2 rings (SSSR count). The van der Waals surface area contributed by atoms with Crippen LogP contribution in [-0.2, 0) is 11.2 Å². The number of rotatable bonds is 5. The van der Waals surface area contributed by atoms with Crippen molar-refractivity contribution in [3.05, 3.63) is 27.4 Å². The number of thiazole rings is 1. The van der Waals surface area contributed by atoms with Crippen LogP contribution in [0.2, 0.25) is 0 Å². The summed E-state index contributed by atoms with van der Waals surface area (Å²) < 4.78 is 0. The van der Waals surface area contributed by atoms with E-state index in [1.54, 1.807) is 22.7 Å². The van der Waals surface area contributed by atoms with Gasteiger partial charge in [0, 0.05) is 16.8 Å². The first-order valence-electron chi connectivity index (χ1n) is 7.32. The molecule has 0 aliphatic heterocycles. The number of hydrogen-bond donors (Lipinski definition) is 2. The quantitative estimate of drug-likeness (QED) is 0.880. The van der Waals surface area contributed by atoms with E-state index in [0.29, 0.717) is 6.54 Å². The Balaban J connectivity index is 1.86. The molecule has 1 atom stereocenters. The number of carbonyl (C=O) groups is 1. The summed E-state index contributed by atoms with van der Waals surface area (Å²) in [4.78, 5) is 18.9. The first-order valence-corrected chi connectivity index (χ1v) is 9.01. The molecule has 4 nitrogen and oxygen atoms in total. The lowest BCUT2D eigenvalue weighted by molar-refractivity contribution is -0.124. The first kappa shape index (κ1) is 17.1. The molecule has 0 fully saturated rings. The van der Waals surface area contributed by atoms with Gasteiger partial charge in [0.15, 0.2) is 0 Å². The van der Waals surface area contributed by atoms with Crippen LogP contribution in [0.5, 0.6) is 0 Å². The number of carbonyl (C=O) groups excluding carboxylic acids is 1. The Morgan fingerprint density at radius 2 is 2.14 bits per heavy atom.